The monoisotopic (exact) mass is 309 g/mol. The number of fused-ring (bicyclic) bond motifs is 3. The Morgan fingerprint density at radius 3 is 2.74 bits per heavy atom. The molecule has 3 aliphatic heterocycles. The lowest BCUT2D eigenvalue weighted by Crippen LogP contribution is -2.65. The van der Waals surface area contributed by atoms with E-state index in [0.717, 1.165) is 10.9 Å². The third-order valence-corrected chi connectivity index (χ3v) is 6.42. The molecule has 1 atom stereocenters. The van der Waals surface area contributed by atoms with E-state index < -0.39 is 0 Å². The van der Waals surface area contributed by atoms with E-state index in [2.05, 4.69) is 20.9 Å². The molecule has 1 aromatic carbocycles. The fourth-order valence-electron chi connectivity index (χ4n) is 4.97. The van der Waals surface area contributed by atoms with E-state index in [-0.39, 0.29) is 5.91 Å². The highest BCUT2D eigenvalue weighted by Crippen LogP contribution is 2.53. The summed E-state index contributed by atoms with van der Waals surface area (Å²) in [4.78, 5) is 15.5. The zero-order valence-electron chi connectivity index (χ0n) is 13.6. The minimum atomic E-state index is 0.0979. The van der Waals surface area contributed by atoms with Crippen LogP contribution in [0.5, 0.6) is 0 Å². The predicted octanol–water partition coefficient (Wildman–Crippen LogP) is 2.53. The highest BCUT2D eigenvalue weighted by atomic mass is 16.1. The van der Waals surface area contributed by atoms with Gasteiger partial charge in [0.1, 0.15) is 0 Å². The number of piperidine rings is 3. The van der Waals surface area contributed by atoms with Gasteiger partial charge >= 0.3 is 0 Å². The first-order valence-electron chi connectivity index (χ1n) is 8.78. The summed E-state index contributed by atoms with van der Waals surface area (Å²) in [5.41, 5.74) is 2.26. The molecule has 4 fully saturated rings. The van der Waals surface area contributed by atoms with Gasteiger partial charge in [-0.2, -0.15) is 0 Å². The molecule has 1 saturated carbocycles. The van der Waals surface area contributed by atoms with Crippen molar-refractivity contribution in [2.45, 2.75) is 37.3 Å². The minimum Gasteiger partial charge on any atom is -0.351 e. The molecule has 3 saturated heterocycles. The number of hydrogen-bond acceptors (Lipinski definition) is 2. The molecule has 0 unspecified atom stereocenters. The first-order chi connectivity index (χ1) is 11.2. The zero-order valence-corrected chi connectivity index (χ0v) is 13.6. The highest BCUT2D eigenvalue weighted by Gasteiger charge is 2.60. The Labute approximate surface area is 136 Å². The minimum absolute atomic E-state index is 0.0979. The fourth-order valence-corrected chi connectivity index (χ4v) is 4.97. The lowest BCUT2D eigenvalue weighted by Gasteiger charge is -2.52. The van der Waals surface area contributed by atoms with E-state index in [9.17, 15) is 4.79 Å². The SMILES string of the molecule is Cn1ccc2cc(C(=O)N[C@@H]3C4CCN(CC4)C34CC4)ccc21. The maximum atomic E-state index is 12.8. The van der Waals surface area contributed by atoms with Crippen LogP contribution in [0.1, 0.15) is 36.0 Å². The van der Waals surface area contributed by atoms with Crippen LogP contribution in [-0.2, 0) is 7.05 Å². The van der Waals surface area contributed by atoms with Crippen LogP contribution in [0.4, 0.5) is 0 Å². The van der Waals surface area contributed by atoms with Gasteiger partial charge in [0.05, 0.1) is 6.04 Å². The number of nitrogens with one attached hydrogen (secondary N) is 1. The molecule has 4 heteroatoms. The van der Waals surface area contributed by atoms with Crippen molar-refractivity contribution in [2.24, 2.45) is 13.0 Å². The molecule has 0 radical (unpaired) electrons. The van der Waals surface area contributed by atoms with Crippen LogP contribution in [-0.4, -0.2) is 40.0 Å². The molecule has 1 spiro atoms. The second-order valence-electron chi connectivity index (χ2n) is 7.58. The summed E-state index contributed by atoms with van der Waals surface area (Å²) in [6.45, 7) is 2.46. The second kappa shape index (κ2) is 4.60. The molecule has 4 aliphatic rings. The molecule has 1 aromatic heterocycles. The lowest BCUT2D eigenvalue weighted by molar-refractivity contribution is -0.00144. The summed E-state index contributed by atoms with van der Waals surface area (Å²) in [5, 5.41) is 4.54. The van der Waals surface area contributed by atoms with Gasteiger partial charge in [0.2, 0.25) is 0 Å². The van der Waals surface area contributed by atoms with Crippen LogP contribution in [0.3, 0.4) is 0 Å². The number of carbonyl (C=O) groups is 1. The van der Waals surface area contributed by atoms with Gasteiger partial charge in [0, 0.05) is 35.2 Å². The van der Waals surface area contributed by atoms with Gasteiger partial charge in [-0.1, -0.05) is 0 Å². The van der Waals surface area contributed by atoms with Crippen molar-refractivity contribution in [3.05, 3.63) is 36.0 Å². The normalized spacial score (nSPS) is 30.7. The molecule has 2 bridgehead atoms. The van der Waals surface area contributed by atoms with Crippen LogP contribution in [0.2, 0.25) is 0 Å². The summed E-state index contributed by atoms with van der Waals surface area (Å²) >= 11 is 0. The molecule has 1 aliphatic carbocycles. The summed E-state index contributed by atoms with van der Waals surface area (Å²) in [6, 6.07) is 8.45. The predicted molar refractivity (Wildman–Crippen MR) is 90.4 cm³/mol. The van der Waals surface area contributed by atoms with E-state index in [1.165, 1.54) is 44.3 Å². The van der Waals surface area contributed by atoms with Crippen molar-refractivity contribution in [1.29, 1.82) is 0 Å². The van der Waals surface area contributed by atoms with Gasteiger partial charge in [0.25, 0.3) is 5.91 Å². The largest absolute Gasteiger partial charge is 0.351 e. The first-order valence-corrected chi connectivity index (χ1v) is 8.78. The van der Waals surface area contributed by atoms with Crippen molar-refractivity contribution in [3.8, 4) is 0 Å². The van der Waals surface area contributed by atoms with Crippen molar-refractivity contribution >= 4 is 16.8 Å². The number of aromatic nitrogens is 1. The summed E-state index contributed by atoms with van der Waals surface area (Å²) in [5.74, 6) is 0.771. The Kier molecular flexibility index (Phi) is 2.72. The lowest BCUT2D eigenvalue weighted by atomic mass is 9.77. The Morgan fingerprint density at radius 1 is 1.22 bits per heavy atom. The van der Waals surface area contributed by atoms with E-state index in [0.29, 0.717) is 17.5 Å². The number of hydrogen-bond donors (Lipinski definition) is 1. The van der Waals surface area contributed by atoms with Crippen molar-refractivity contribution in [2.75, 3.05) is 13.1 Å². The van der Waals surface area contributed by atoms with Gasteiger partial charge in [-0.3, -0.25) is 9.69 Å². The third-order valence-electron chi connectivity index (χ3n) is 6.42. The molecule has 4 heterocycles. The summed E-state index contributed by atoms with van der Waals surface area (Å²) in [6.07, 6.45) is 7.03. The quantitative estimate of drug-likeness (QED) is 0.925. The third kappa shape index (κ3) is 1.91. The van der Waals surface area contributed by atoms with Crippen LogP contribution in [0.15, 0.2) is 30.5 Å². The number of aryl methyl sites for hydroxylation is 1. The topological polar surface area (TPSA) is 37.3 Å². The number of rotatable bonds is 2. The van der Waals surface area contributed by atoms with Crippen LogP contribution < -0.4 is 5.32 Å². The smallest absolute Gasteiger partial charge is 0.251 e. The average molecular weight is 309 g/mol. The van der Waals surface area contributed by atoms with E-state index in [1.807, 2.05) is 31.4 Å². The van der Waals surface area contributed by atoms with Crippen LogP contribution in [0.25, 0.3) is 10.9 Å². The maximum Gasteiger partial charge on any atom is 0.251 e. The highest BCUT2D eigenvalue weighted by molar-refractivity contribution is 5.98. The number of nitrogens with zero attached hydrogens (tertiary/aromatic N) is 2. The number of benzene rings is 1. The molecule has 6 rings (SSSR count). The molecular weight excluding hydrogens is 286 g/mol. The van der Waals surface area contributed by atoms with Crippen LogP contribution >= 0.6 is 0 Å². The van der Waals surface area contributed by atoms with Gasteiger partial charge in [-0.25, -0.2) is 0 Å². The molecule has 120 valence electrons. The summed E-state index contributed by atoms with van der Waals surface area (Å²) < 4.78 is 2.09. The van der Waals surface area contributed by atoms with E-state index in [1.54, 1.807) is 0 Å². The van der Waals surface area contributed by atoms with Crippen LogP contribution in [0, 0.1) is 5.92 Å². The van der Waals surface area contributed by atoms with Crippen molar-refractivity contribution in [1.82, 2.24) is 14.8 Å². The molecule has 4 nitrogen and oxygen atoms in total. The van der Waals surface area contributed by atoms with Gasteiger partial charge in [0.15, 0.2) is 0 Å². The Hall–Kier alpha value is -1.81. The van der Waals surface area contributed by atoms with Gasteiger partial charge in [-0.05, 0) is 69.0 Å². The Balaban J connectivity index is 1.42. The Morgan fingerprint density at radius 2 is 2.00 bits per heavy atom. The second-order valence-corrected chi connectivity index (χ2v) is 7.58. The Bertz CT molecular complexity index is 781. The summed E-state index contributed by atoms with van der Waals surface area (Å²) in [7, 11) is 2.03. The van der Waals surface area contributed by atoms with Crippen molar-refractivity contribution in [3.63, 3.8) is 0 Å². The zero-order chi connectivity index (χ0) is 15.6. The van der Waals surface area contributed by atoms with Crippen molar-refractivity contribution < 1.29 is 4.79 Å². The number of carbonyl (C=O) groups excluding carboxylic acids is 1. The van der Waals surface area contributed by atoms with E-state index >= 15 is 0 Å². The standard InChI is InChI=1S/C19H23N3O/c1-21-9-4-14-12-15(2-3-16(14)21)18(23)20-17-13-5-10-22(11-6-13)19(17)7-8-19/h2-4,9,12-13,17H,5-8,10-11H2,1H3,(H,20,23)/t17-/m1/s1. The van der Waals surface area contributed by atoms with E-state index in [4.69, 9.17) is 0 Å². The molecular formula is C19H23N3O. The molecule has 2 aromatic rings. The first kappa shape index (κ1) is 13.6. The maximum absolute atomic E-state index is 12.8. The molecule has 1 amide bonds. The number of amides is 1. The molecule has 23 heavy (non-hydrogen) atoms. The molecule has 1 N–H and O–H groups in total. The van der Waals surface area contributed by atoms with Gasteiger partial charge < -0.3 is 9.88 Å². The van der Waals surface area contributed by atoms with Gasteiger partial charge in [-0.15, -0.1) is 0 Å². The fraction of sp³-hybridized carbons (Fsp3) is 0.526. The average Bonchev–Trinajstić information content (AvgIpc) is 3.28.